The van der Waals surface area contributed by atoms with E-state index in [9.17, 15) is 0 Å². The molecule has 1 aromatic heterocycles. The third-order valence-electron chi connectivity index (χ3n) is 3.93. The first-order valence-electron chi connectivity index (χ1n) is 6.33. The fraction of sp³-hybridized carbons (Fsp3) is 0.750. The Morgan fingerprint density at radius 1 is 1.65 bits per heavy atom. The van der Waals surface area contributed by atoms with Gasteiger partial charge in [-0.3, -0.25) is 0 Å². The largest absolute Gasteiger partial charge is 0.381 e. The van der Waals surface area contributed by atoms with Crippen LogP contribution in [0.15, 0.2) is 6.33 Å². The molecule has 0 aromatic carbocycles. The van der Waals surface area contributed by atoms with Gasteiger partial charge in [0, 0.05) is 38.6 Å². The molecule has 3 heterocycles. The summed E-state index contributed by atoms with van der Waals surface area (Å²) in [7, 11) is 2.07. The zero-order valence-corrected chi connectivity index (χ0v) is 10.2. The van der Waals surface area contributed by atoms with Crippen LogP contribution in [-0.4, -0.2) is 35.4 Å². The number of nitrogens with one attached hydrogen (secondary N) is 1. The molecule has 2 aliphatic heterocycles. The van der Waals surface area contributed by atoms with Crippen LogP contribution in [0.4, 0.5) is 0 Å². The molecule has 0 spiro atoms. The third kappa shape index (κ3) is 1.88. The van der Waals surface area contributed by atoms with Gasteiger partial charge in [0.1, 0.15) is 0 Å². The Hall–Kier alpha value is -0.910. The highest BCUT2D eigenvalue weighted by atomic mass is 16.5. The number of fused-ring (bicyclic) bond motifs is 1. The van der Waals surface area contributed by atoms with Gasteiger partial charge < -0.3 is 20.4 Å². The third-order valence-corrected chi connectivity index (χ3v) is 3.93. The van der Waals surface area contributed by atoms with E-state index in [1.54, 1.807) is 0 Å². The van der Waals surface area contributed by atoms with Crippen LogP contribution in [0.1, 0.15) is 23.9 Å². The summed E-state index contributed by atoms with van der Waals surface area (Å²) < 4.78 is 7.65. The molecule has 0 bridgehead atoms. The molecule has 5 heteroatoms. The van der Waals surface area contributed by atoms with E-state index >= 15 is 0 Å². The van der Waals surface area contributed by atoms with Crippen molar-refractivity contribution < 1.29 is 4.74 Å². The first-order valence-corrected chi connectivity index (χ1v) is 6.33. The average molecular weight is 236 g/mol. The van der Waals surface area contributed by atoms with Crippen molar-refractivity contribution in [2.75, 3.05) is 19.8 Å². The lowest BCUT2D eigenvalue weighted by molar-refractivity contribution is 0.171. The van der Waals surface area contributed by atoms with Crippen molar-refractivity contribution in [3.05, 3.63) is 17.7 Å². The van der Waals surface area contributed by atoms with Gasteiger partial charge in [-0.2, -0.15) is 0 Å². The van der Waals surface area contributed by atoms with E-state index in [-0.39, 0.29) is 0 Å². The second kappa shape index (κ2) is 4.40. The number of nitrogens with zero attached hydrogens (tertiary/aromatic N) is 2. The van der Waals surface area contributed by atoms with Crippen molar-refractivity contribution >= 4 is 0 Å². The molecule has 1 aromatic rings. The smallest absolute Gasteiger partial charge is 0.0949 e. The highest BCUT2D eigenvalue weighted by Gasteiger charge is 2.35. The summed E-state index contributed by atoms with van der Waals surface area (Å²) in [4.78, 5) is 4.50. The van der Waals surface area contributed by atoms with Crippen LogP contribution in [-0.2, 0) is 18.2 Å². The van der Waals surface area contributed by atoms with Crippen LogP contribution in [0.25, 0.3) is 0 Å². The maximum atomic E-state index is 5.80. The van der Waals surface area contributed by atoms with Crippen LogP contribution in [0.5, 0.6) is 0 Å². The van der Waals surface area contributed by atoms with Gasteiger partial charge >= 0.3 is 0 Å². The molecule has 3 N–H and O–H groups in total. The summed E-state index contributed by atoms with van der Waals surface area (Å²) in [5.41, 5.74) is 8.33. The molecule has 0 amide bonds. The Morgan fingerprint density at radius 2 is 2.53 bits per heavy atom. The van der Waals surface area contributed by atoms with Crippen molar-refractivity contribution in [2.24, 2.45) is 18.7 Å². The molecule has 3 rings (SSSR count). The molecule has 17 heavy (non-hydrogen) atoms. The van der Waals surface area contributed by atoms with Gasteiger partial charge in [0.05, 0.1) is 30.4 Å². The van der Waals surface area contributed by atoms with Crippen LogP contribution in [0, 0.1) is 5.92 Å². The SMILES string of the molecule is Cn1cnc2c1C(C1CCOC1)NC(CN)C2. The Labute approximate surface area is 101 Å². The molecular weight excluding hydrogens is 216 g/mol. The maximum absolute atomic E-state index is 5.80. The predicted octanol–water partition coefficient (Wildman–Crippen LogP) is -0.0293. The quantitative estimate of drug-likeness (QED) is 0.757. The second-order valence-electron chi connectivity index (χ2n) is 5.09. The van der Waals surface area contributed by atoms with E-state index in [4.69, 9.17) is 10.5 Å². The molecular formula is C12H20N4O. The molecule has 0 aliphatic carbocycles. The fourth-order valence-electron chi connectivity index (χ4n) is 3.00. The lowest BCUT2D eigenvalue weighted by Crippen LogP contribution is -2.47. The number of imidazole rings is 1. The number of aryl methyl sites for hydroxylation is 1. The molecule has 94 valence electrons. The zero-order valence-electron chi connectivity index (χ0n) is 10.2. The van der Waals surface area contributed by atoms with E-state index in [0.29, 0.717) is 24.5 Å². The molecule has 1 fully saturated rings. The summed E-state index contributed by atoms with van der Waals surface area (Å²) in [5.74, 6) is 0.554. The maximum Gasteiger partial charge on any atom is 0.0949 e. The summed E-state index contributed by atoms with van der Waals surface area (Å²) in [6.45, 7) is 2.39. The molecule has 0 radical (unpaired) electrons. The fourth-order valence-corrected chi connectivity index (χ4v) is 3.00. The molecule has 3 unspecified atom stereocenters. The molecule has 2 aliphatic rings. The van der Waals surface area contributed by atoms with Crippen molar-refractivity contribution in [3.8, 4) is 0 Å². The summed E-state index contributed by atoms with van der Waals surface area (Å²) in [6.07, 6.45) is 3.98. The number of nitrogens with two attached hydrogens (primary N) is 1. The normalized spacial score (nSPS) is 32.7. The first kappa shape index (κ1) is 11.2. The van der Waals surface area contributed by atoms with Crippen LogP contribution in [0.2, 0.25) is 0 Å². The van der Waals surface area contributed by atoms with Gasteiger partial charge in [-0.25, -0.2) is 4.98 Å². The lowest BCUT2D eigenvalue weighted by Gasteiger charge is -2.33. The van der Waals surface area contributed by atoms with Gasteiger partial charge in [0.2, 0.25) is 0 Å². The Balaban J connectivity index is 1.93. The van der Waals surface area contributed by atoms with Crippen LogP contribution < -0.4 is 11.1 Å². The van der Waals surface area contributed by atoms with Gasteiger partial charge in [-0.1, -0.05) is 0 Å². The number of hydrogen-bond acceptors (Lipinski definition) is 4. The highest BCUT2D eigenvalue weighted by Crippen LogP contribution is 2.33. The van der Waals surface area contributed by atoms with Crippen LogP contribution >= 0.6 is 0 Å². The van der Waals surface area contributed by atoms with Crippen LogP contribution in [0.3, 0.4) is 0 Å². The van der Waals surface area contributed by atoms with Gasteiger partial charge in [0.25, 0.3) is 0 Å². The van der Waals surface area contributed by atoms with Crippen molar-refractivity contribution in [1.82, 2.24) is 14.9 Å². The Morgan fingerprint density at radius 3 is 3.24 bits per heavy atom. The van der Waals surface area contributed by atoms with E-state index < -0.39 is 0 Å². The Kier molecular flexibility index (Phi) is 2.90. The predicted molar refractivity (Wildman–Crippen MR) is 64.6 cm³/mol. The van der Waals surface area contributed by atoms with Gasteiger partial charge in [-0.05, 0) is 6.42 Å². The van der Waals surface area contributed by atoms with Gasteiger partial charge in [0.15, 0.2) is 0 Å². The van der Waals surface area contributed by atoms with Gasteiger partial charge in [-0.15, -0.1) is 0 Å². The number of rotatable bonds is 2. The topological polar surface area (TPSA) is 65.1 Å². The minimum atomic E-state index is 0.349. The molecule has 1 saturated heterocycles. The number of aromatic nitrogens is 2. The van der Waals surface area contributed by atoms with E-state index in [2.05, 4.69) is 21.9 Å². The zero-order chi connectivity index (χ0) is 11.8. The average Bonchev–Trinajstić information content (AvgIpc) is 2.98. The second-order valence-corrected chi connectivity index (χ2v) is 5.09. The summed E-state index contributed by atoms with van der Waals surface area (Å²) >= 11 is 0. The number of ether oxygens (including phenoxy) is 1. The first-order chi connectivity index (χ1) is 8.29. The van der Waals surface area contributed by atoms with Crippen molar-refractivity contribution in [2.45, 2.75) is 24.9 Å². The molecule has 0 saturated carbocycles. The number of hydrogen-bond donors (Lipinski definition) is 2. The van der Waals surface area contributed by atoms with E-state index in [0.717, 1.165) is 26.1 Å². The highest BCUT2D eigenvalue weighted by molar-refractivity contribution is 5.23. The summed E-state index contributed by atoms with van der Waals surface area (Å²) in [5, 5.41) is 3.66. The van der Waals surface area contributed by atoms with E-state index in [1.807, 2.05) is 6.33 Å². The lowest BCUT2D eigenvalue weighted by atomic mass is 9.89. The van der Waals surface area contributed by atoms with E-state index in [1.165, 1.54) is 11.4 Å². The molecule has 3 atom stereocenters. The minimum Gasteiger partial charge on any atom is -0.381 e. The molecule has 5 nitrogen and oxygen atoms in total. The standard InChI is InChI=1S/C12H20N4O/c1-16-7-14-10-4-9(5-13)15-11(12(10)16)8-2-3-17-6-8/h7-9,11,15H,2-6,13H2,1H3. The Bertz CT molecular complexity index is 397. The summed E-state index contributed by atoms with van der Waals surface area (Å²) in [6, 6.07) is 0.699. The van der Waals surface area contributed by atoms with Crippen molar-refractivity contribution in [3.63, 3.8) is 0 Å². The van der Waals surface area contributed by atoms with Crippen molar-refractivity contribution in [1.29, 1.82) is 0 Å². The monoisotopic (exact) mass is 236 g/mol. The minimum absolute atomic E-state index is 0.349.